The molecule has 0 atom stereocenters. The molecule has 33 heavy (non-hydrogen) atoms. The molecule has 5 nitrogen and oxygen atoms in total. The van der Waals surface area contributed by atoms with Crippen LogP contribution in [0.5, 0.6) is 0 Å². The van der Waals surface area contributed by atoms with E-state index in [2.05, 4.69) is 65.3 Å². The van der Waals surface area contributed by atoms with E-state index in [9.17, 15) is 4.79 Å². The van der Waals surface area contributed by atoms with Crippen LogP contribution in [0.25, 0.3) is 21.8 Å². The van der Waals surface area contributed by atoms with Crippen molar-refractivity contribution in [3.63, 3.8) is 0 Å². The predicted octanol–water partition coefficient (Wildman–Crippen LogP) is 5.07. The Labute approximate surface area is 198 Å². The van der Waals surface area contributed by atoms with Crippen molar-refractivity contribution in [2.45, 2.75) is 13.3 Å². The molecule has 1 aliphatic rings. The summed E-state index contributed by atoms with van der Waals surface area (Å²) in [5, 5.41) is 0.898. The lowest BCUT2D eigenvalue weighted by molar-refractivity contribution is -0.130. The molecule has 1 fully saturated rings. The monoisotopic (exact) mass is 454 g/mol. The van der Waals surface area contributed by atoms with Crippen molar-refractivity contribution in [1.82, 2.24) is 14.9 Å². The number of hydrogen-bond acceptors (Lipinski definition) is 5. The Balaban J connectivity index is 1.35. The summed E-state index contributed by atoms with van der Waals surface area (Å²) in [6.07, 6.45) is 3.95. The van der Waals surface area contributed by atoms with Gasteiger partial charge in [-0.05, 0) is 31.2 Å². The number of amides is 1. The fourth-order valence-corrected chi connectivity index (χ4v) is 5.19. The Morgan fingerprint density at radius 2 is 1.67 bits per heavy atom. The summed E-state index contributed by atoms with van der Waals surface area (Å²) < 4.78 is 0. The minimum atomic E-state index is 0.164. The molecule has 5 rings (SSSR count). The molecule has 166 valence electrons. The number of anilines is 1. The molecule has 0 unspecified atom stereocenters. The Bertz CT molecular complexity index is 1210. The highest BCUT2D eigenvalue weighted by atomic mass is 32.1. The van der Waals surface area contributed by atoms with Gasteiger partial charge in [0.1, 0.15) is 5.01 Å². The Morgan fingerprint density at radius 3 is 2.36 bits per heavy atom. The van der Waals surface area contributed by atoms with Gasteiger partial charge in [-0.25, -0.2) is 4.98 Å². The number of carbonyl (C=O) groups excluding carboxylic acids is 1. The van der Waals surface area contributed by atoms with Crippen molar-refractivity contribution in [3.05, 3.63) is 89.6 Å². The van der Waals surface area contributed by atoms with E-state index in [1.54, 1.807) is 17.5 Å². The molecule has 0 bridgehead atoms. The summed E-state index contributed by atoms with van der Waals surface area (Å²) in [4.78, 5) is 27.8. The van der Waals surface area contributed by atoms with E-state index in [-0.39, 0.29) is 5.91 Å². The Hall–Kier alpha value is -3.51. The molecule has 0 N–H and O–H groups in total. The smallest absolute Gasteiger partial charge is 0.228 e. The number of piperazine rings is 1. The molecule has 2 aromatic carbocycles. The average Bonchev–Trinajstić information content (AvgIpc) is 3.29. The predicted molar refractivity (Wildman–Crippen MR) is 134 cm³/mol. The van der Waals surface area contributed by atoms with Gasteiger partial charge >= 0.3 is 0 Å². The Kier molecular flexibility index (Phi) is 6.17. The summed E-state index contributed by atoms with van der Waals surface area (Å²) in [7, 11) is 0. The van der Waals surface area contributed by atoms with Gasteiger partial charge in [-0.15, -0.1) is 11.3 Å². The normalized spacial score (nSPS) is 13.8. The number of benzene rings is 2. The topological polar surface area (TPSA) is 49.3 Å². The third kappa shape index (κ3) is 4.81. The zero-order valence-corrected chi connectivity index (χ0v) is 19.5. The zero-order valence-electron chi connectivity index (χ0n) is 18.6. The molecular formula is C27H26N4OS. The first-order valence-corrected chi connectivity index (χ1v) is 12.0. The van der Waals surface area contributed by atoms with Gasteiger partial charge in [0, 0.05) is 60.3 Å². The first-order chi connectivity index (χ1) is 16.2. The molecule has 2 aromatic heterocycles. The maximum absolute atomic E-state index is 13.3. The number of nitrogens with zero attached hydrogens (tertiary/aromatic N) is 4. The third-order valence-electron chi connectivity index (χ3n) is 6.00. The average molecular weight is 455 g/mol. The van der Waals surface area contributed by atoms with Crippen molar-refractivity contribution < 1.29 is 4.79 Å². The highest BCUT2D eigenvalue weighted by molar-refractivity contribution is 7.15. The van der Waals surface area contributed by atoms with Crippen LogP contribution < -0.4 is 4.90 Å². The number of rotatable bonds is 5. The van der Waals surface area contributed by atoms with E-state index in [0.717, 1.165) is 52.9 Å². The van der Waals surface area contributed by atoms with Crippen LogP contribution in [0.1, 0.15) is 10.4 Å². The van der Waals surface area contributed by atoms with Crippen LogP contribution in [0.15, 0.2) is 79.1 Å². The maximum Gasteiger partial charge on any atom is 0.228 e. The van der Waals surface area contributed by atoms with E-state index in [0.29, 0.717) is 6.42 Å². The Morgan fingerprint density at radius 1 is 0.909 bits per heavy atom. The molecular weight excluding hydrogens is 428 g/mol. The van der Waals surface area contributed by atoms with Gasteiger partial charge in [0.2, 0.25) is 5.91 Å². The summed E-state index contributed by atoms with van der Waals surface area (Å²) >= 11 is 1.59. The van der Waals surface area contributed by atoms with Crippen LogP contribution >= 0.6 is 11.3 Å². The van der Waals surface area contributed by atoms with E-state index >= 15 is 0 Å². The van der Waals surface area contributed by atoms with Crippen LogP contribution in [0.3, 0.4) is 0 Å². The van der Waals surface area contributed by atoms with Crippen molar-refractivity contribution >= 4 is 22.9 Å². The lowest BCUT2D eigenvalue weighted by Crippen LogP contribution is -2.49. The van der Waals surface area contributed by atoms with E-state index in [4.69, 9.17) is 4.98 Å². The lowest BCUT2D eigenvalue weighted by atomic mass is 10.1. The van der Waals surface area contributed by atoms with Gasteiger partial charge in [0.25, 0.3) is 0 Å². The van der Waals surface area contributed by atoms with Gasteiger partial charge in [-0.3, -0.25) is 9.78 Å². The fourth-order valence-electron chi connectivity index (χ4n) is 4.12. The molecule has 0 saturated carbocycles. The van der Waals surface area contributed by atoms with Crippen LogP contribution in [-0.4, -0.2) is 47.0 Å². The minimum Gasteiger partial charge on any atom is -0.368 e. The number of hydrogen-bond donors (Lipinski definition) is 0. The summed E-state index contributed by atoms with van der Waals surface area (Å²) in [6.45, 7) is 5.25. The molecule has 1 amide bonds. The third-order valence-corrected chi connectivity index (χ3v) is 7.10. The van der Waals surface area contributed by atoms with Gasteiger partial charge < -0.3 is 9.80 Å². The van der Waals surface area contributed by atoms with Crippen molar-refractivity contribution in [2.75, 3.05) is 31.1 Å². The molecule has 0 aliphatic carbocycles. The number of carbonyl (C=O) groups is 1. The standard InChI is InChI=1S/C27H26N4OS/c1-20-9-11-21(12-10-20)26-24(33-27(29-26)22-6-5-13-28-19-22)18-25(32)31-16-14-30(15-17-31)23-7-3-2-4-8-23/h2-13,19H,14-18H2,1H3. The first kappa shape index (κ1) is 21.3. The van der Waals surface area contributed by atoms with Crippen LogP contribution in [-0.2, 0) is 11.2 Å². The highest BCUT2D eigenvalue weighted by Crippen LogP contribution is 2.34. The van der Waals surface area contributed by atoms with Gasteiger partial charge in [-0.2, -0.15) is 0 Å². The van der Waals surface area contributed by atoms with Crippen LogP contribution in [0.4, 0.5) is 5.69 Å². The van der Waals surface area contributed by atoms with Crippen molar-refractivity contribution in [2.24, 2.45) is 0 Å². The molecule has 0 spiro atoms. The number of para-hydroxylation sites is 1. The van der Waals surface area contributed by atoms with E-state index in [1.807, 2.05) is 29.3 Å². The van der Waals surface area contributed by atoms with Crippen LogP contribution in [0, 0.1) is 6.92 Å². The summed E-state index contributed by atoms with van der Waals surface area (Å²) in [5.41, 5.74) is 5.34. The molecule has 1 saturated heterocycles. The second kappa shape index (κ2) is 9.55. The number of pyridine rings is 1. The lowest BCUT2D eigenvalue weighted by Gasteiger charge is -2.36. The number of thiazole rings is 1. The zero-order chi connectivity index (χ0) is 22.6. The minimum absolute atomic E-state index is 0.164. The summed E-state index contributed by atoms with van der Waals surface area (Å²) in [5.74, 6) is 0.164. The second-order valence-corrected chi connectivity index (χ2v) is 9.36. The van der Waals surface area contributed by atoms with Crippen LogP contribution in [0.2, 0.25) is 0 Å². The van der Waals surface area contributed by atoms with Gasteiger partial charge in [0.05, 0.1) is 12.1 Å². The number of aryl methyl sites for hydroxylation is 1. The molecule has 1 aliphatic heterocycles. The van der Waals surface area contributed by atoms with E-state index < -0.39 is 0 Å². The largest absolute Gasteiger partial charge is 0.368 e. The number of aromatic nitrogens is 2. The second-order valence-electron chi connectivity index (χ2n) is 8.28. The quantitative estimate of drug-likeness (QED) is 0.422. The van der Waals surface area contributed by atoms with Gasteiger partial charge in [-0.1, -0.05) is 48.0 Å². The van der Waals surface area contributed by atoms with Crippen molar-refractivity contribution in [1.29, 1.82) is 0 Å². The highest BCUT2D eigenvalue weighted by Gasteiger charge is 2.24. The molecule has 0 radical (unpaired) electrons. The first-order valence-electron chi connectivity index (χ1n) is 11.2. The van der Waals surface area contributed by atoms with Gasteiger partial charge in [0.15, 0.2) is 0 Å². The SMILES string of the molecule is Cc1ccc(-c2nc(-c3cccnc3)sc2CC(=O)N2CCN(c3ccccc3)CC2)cc1. The van der Waals surface area contributed by atoms with Crippen molar-refractivity contribution in [3.8, 4) is 21.8 Å². The molecule has 4 aromatic rings. The fraction of sp³-hybridized carbons (Fsp3) is 0.222. The maximum atomic E-state index is 13.3. The summed E-state index contributed by atoms with van der Waals surface area (Å²) in [6, 6.07) is 22.7. The van der Waals surface area contributed by atoms with E-state index in [1.165, 1.54) is 11.3 Å². The molecule has 3 heterocycles. The molecule has 6 heteroatoms.